The highest BCUT2D eigenvalue weighted by atomic mass is 16.7. The predicted octanol–water partition coefficient (Wildman–Crippen LogP) is 1.76. The zero-order valence-electron chi connectivity index (χ0n) is 13.1. The average molecular weight is 314 g/mol. The molecule has 0 unspecified atom stereocenters. The van der Waals surface area contributed by atoms with Crippen LogP contribution >= 0.6 is 0 Å². The molecule has 1 rings (SSSR count). The van der Waals surface area contributed by atoms with Crippen molar-refractivity contribution in [1.29, 1.82) is 0 Å². The standard InChI is InChI=1S/C14H22N2O6/c1-5-9-20-12(18)15-22-11(17)10-7-6-8-16(10)13(19)21-14(2,3)4/h5,10H,1,6-9H2,2-4H3,(H,15,18)/t10-/m0/s1. The SMILES string of the molecule is C=CCOC(=O)NOC(=O)[C@@H]1CCCN1C(=O)OC(C)(C)C. The van der Waals surface area contributed by atoms with Crippen molar-refractivity contribution in [3.63, 3.8) is 0 Å². The molecule has 1 N–H and O–H groups in total. The van der Waals surface area contributed by atoms with Gasteiger partial charge in [-0.3, -0.25) is 4.90 Å². The summed E-state index contributed by atoms with van der Waals surface area (Å²) in [5, 5.41) is 0. The lowest BCUT2D eigenvalue weighted by atomic mass is 10.2. The van der Waals surface area contributed by atoms with Crippen molar-refractivity contribution in [2.75, 3.05) is 13.2 Å². The van der Waals surface area contributed by atoms with E-state index in [2.05, 4.69) is 16.2 Å². The van der Waals surface area contributed by atoms with Gasteiger partial charge in [-0.15, -0.1) is 5.48 Å². The van der Waals surface area contributed by atoms with Crippen molar-refractivity contribution in [3.8, 4) is 0 Å². The molecule has 0 saturated carbocycles. The number of hydrogen-bond donors (Lipinski definition) is 1. The molecule has 1 fully saturated rings. The largest absolute Gasteiger partial charge is 0.444 e. The predicted molar refractivity (Wildman–Crippen MR) is 76.7 cm³/mol. The van der Waals surface area contributed by atoms with E-state index in [-0.39, 0.29) is 6.61 Å². The summed E-state index contributed by atoms with van der Waals surface area (Å²) in [7, 11) is 0. The Hall–Kier alpha value is -2.25. The van der Waals surface area contributed by atoms with Crippen molar-refractivity contribution in [2.45, 2.75) is 45.3 Å². The second-order valence-electron chi connectivity index (χ2n) is 5.74. The third-order valence-electron chi connectivity index (χ3n) is 2.72. The quantitative estimate of drug-likeness (QED) is 0.484. The average Bonchev–Trinajstić information content (AvgIpc) is 2.90. The Morgan fingerprint density at radius 3 is 2.64 bits per heavy atom. The molecule has 0 spiro atoms. The molecule has 0 aromatic carbocycles. The zero-order chi connectivity index (χ0) is 16.8. The summed E-state index contributed by atoms with van der Waals surface area (Å²) in [6.07, 6.45) is 0.987. The lowest BCUT2D eigenvalue weighted by molar-refractivity contribution is -0.154. The van der Waals surface area contributed by atoms with E-state index >= 15 is 0 Å². The van der Waals surface area contributed by atoms with Crippen LogP contribution in [0.15, 0.2) is 12.7 Å². The van der Waals surface area contributed by atoms with Gasteiger partial charge in [0.15, 0.2) is 0 Å². The number of ether oxygens (including phenoxy) is 2. The first-order chi connectivity index (χ1) is 10.2. The van der Waals surface area contributed by atoms with Crippen molar-refractivity contribution in [1.82, 2.24) is 10.4 Å². The molecule has 2 amide bonds. The molecule has 0 aromatic heterocycles. The highest BCUT2D eigenvalue weighted by Crippen LogP contribution is 2.21. The second kappa shape index (κ2) is 7.67. The zero-order valence-corrected chi connectivity index (χ0v) is 13.1. The molecule has 0 radical (unpaired) electrons. The molecular formula is C14H22N2O6. The molecule has 1 aliphatic heterocycles. The van der Waals surface area contributed by atoms with Gasteiger partial charge >= 0.3 is 18.2 Å². The van der Waals surface area contributed by atoms with E-state index in [0.717, 1.165) is 0 Å². The lowest BCUT2D eigenvalue weighted by Crippen LogP contribution is -2.45. The van der Waals surface area contributed by atoms with Crippen molar-refractivity contribution < 1.29 is 28.7 Å². The molecule has 1 heterocycles. The number of hydrogen-bond acceptors (Lipinski definition) is 6. The third-order valence-corrected chi connectivity index (χ3v) is 2.72. The molecule has 1 saturated heterocycles. The van der Waals surface area contributed by atoms with Crippen LogP contribution in [0.3, 0.4) is 0 Å². The van der Waals surface area contributed by atoms with E-state index in [9.17, 15) is 14.4 Å². The minimum atomic E-state index is -0.907. The number of nitrogens with zero attached hydrogens (tertiary/aromatic N) is 1. The Kier molecular flexibility index (Phi) is 6.21. The fourth-order valence-electron chi connectivity index (χ4n) is 1.87. The summed E-state index contributed by atoms with van der Waals surface area (Å²) in [5.74, 6) is -0.737. The second-order valence-corrected chi connectivity index (χ2v) is 5.74. The highest BCUT2D eigenvalue weighted by Gasteiger charge is 2.38. The molecule has 0 aromatic rings. The highest BCUT2D eigenvalue weighted by molar-refractivity contribution is 5.83. The minimum absolute atomic E-state index is 0.00313. The normalized spacial score (nSPS) is 17.6. The monoisotopic (exact) mass is 314 g/mol. The number of hydroxylamine groups is 1. The van der Waals surface area contributed by atoms with Gasteiger partial charge < -0.3 is 14.3 Å². The summed E-state index contributed by atoms with van der Waals surface area (Å²) in [4.78, 5) is 41.1. The molecule has 124 valence electrons. The third kappa shape index (κ3) is 5.63. The molecule has 8 nitrogen and oxygen atoms in total. The van der Waals surface area contributed by atoms with Crippen LogP contribution in [-0.2, 0) is 19.1 Å². The van der Waals surface area contributed by atoms with Crippen LogP contribution in [0.5, 0.6) is 0 Å². The summed E-state index contributed by atoms with van der Waals surface area (Å²) in [5.41, 5.74) is 1.21. The maximum absolute atomic E-state index is 12.0. The Labute approximate surface area is 129 Å². The van der Waals surface area contributed by atoms with E-state index in [4.69, 9.17) is 4.74 Å². The van der Waals surface area contributed by atoms with E-state index < -0.39 is 29.8 Å². The lowest BCUT2D eigenvalue weighted by Gasteiger charge is -2.27. The van der Waals surface area contributed by atoms with Gasteiger partial charge in [0, 0.05) is 6.54 Å². The maximum atomic E-state index is 12.0. The first-order valence-corrected chi connectivity index (χ1v) is 6.98. The van der Waals surface area contributed by atoms with Gasteiger partial charge in [-0.25, -0.2) is 14.4 Å². The van der Waals surface area contributed by atoms with Gasteiger partial charge in [-0.1, -0.05) is 12.7 Å². The van der Waals surface area contributed by atoms with Crippen LogP contribution in [-0.4, -0.2) is 47.9 Å². The van der Waals surface area contributed by atoms with Gasteiger partial charge in [0.05, 0.1) is 0 Å². The summed E-state index contributed by atoms with van der Waals surface area (Å²) >= 11 is 0. The number of nitrogens with one attached hydrogen (secondary N) is 1. The molecule has 0 bridgehead atoms. The van der Waals surface area contributed by atoms with E-state index in [1.54, 1.807) is 20.8 Å². The number of likely N-dealkylation sites (tertiary alicyclic amines) is 1. The van der Waals surface area contributed by atoms with Crippen LogP contribution < -0.4 is 5.48 Å². The van der Waals surface area contributed by atoms with Gasteiger partial charge in [0.25, 0.3) is 0 Å². The maximum Gasteiger partial charge on any atom is 0.441 e. The fourth-order valence-corrected chi connectivity index (χ4v) is 1.87. The minimum Gasteiger partial charge on any atom is -0.444 e. The van der Waals surface area contributed by atoms with Crippen LogP contribution in [0, 0.1) is 0 Å². The van der Waals surface area contributed by atoms with Crippen LogP contribution in [0.25, 0.3) is 0 Å². The number of rotatable bonds is 3. The van der Waals surface area contributed by atoms with Crippen molar-refractivity contribution >= 4 is 18.2 Å². The number of amides is 2. The number of carbonyl (C=O) groups excluding carboxylic acids is 3. The molecule has 22 heavy (non-hydrogen) atoms. The van der Waals surface area contributed by atoms with Crippen molar-refractivity contribution in [2.24, 2.45) is 0 Å². The van der Waals surface area contributed by atoms with E-state index in [1.807, 2.05) is 5.48 Å². The van der Waals surface area contributed by atoms with Crippen LogP contribution in [0.2, 0.25) is 0 Å². The Morgan fingerprint density at radius 2 is 2.05 bits per heavy atom. The summed E-state index contributed by atoms with van der Waals surface area (Å²) in [6.45, 7) is 9.00. The molecular weight excluding hydrogens is 292 g/mol. The van der Waals surface area contributed by atoms with E-state index in [1.165, 1.54) is 11.0 Å². The Bertz CT molecular complexity index is 443. The first-order valence-electron chi connectivity index (χ1n) is 6.98. The topological polar surface area (TPSA) is 94.2 Å². The van der Waals surface area contributed by atoms with Gasteiger partial charge in [0.1, 0.15) is 18.2 Å². The molecule has 1 atom stereocenters. The van der Waals surface area contributed by atoms with Crippen molar-refractivity contribution in [3.05, 3.63) is 12.7 Å². The summed E-state index contributed by atoms with van der Waals surface area (Å²) < 4.78 is 9.83. The summed E-state index contributed by atoms with van der Waals surface area (Å²) in [6, 6.07) is -0.783. The van der Waals surface area contributed by atoms with Gasteiger partial charge in [-0.2, -0.15) is 0 Å². The number of carbonyl (C=O) groups is 3. The van der Waals surface area contributed by atoms with Crippen LogP contribution in [0.4, 0.5) is 9.59 Å². The fraction of sp³-hybridized carbons (Fsp3) is 0.643. The van der Waals surface area contributed by atoms with Gasteiger partial charge in [0.2, 0.25) is 0 Å². The smallest absolute Gasteiger partial charge is 0.441 e. The van der Waals surface area contributed by atoms with Gasteiger partial charge in [-0.05, 0) is 33.6 Å². The Morgan fingerprint density at radius 1 is 1.36 bits per heavy atom. The molecule has 8 heteroatoms. The van der Waals surface area contributed by atoms with Crippen LogP contribution in [0.1, 0.15) is 33.6 Å². The van der Waals surface area contributed by atoms with E-state index in [0.29, 0.717) is 19.4 Å². The molecule has 0 aliphatic carbocycles. The Balaban J connectivity index is 2.51. The first kappa shape index (κ1) is 17.8. The molecule has 1 aliphatic rings.